The summed E-state index contributed by atoms with van der Waals surface area (Å²) in [5.74, 6) is 0.693. The zero-order valence-electron chi connectivity index (χ0n) is 20.0. The summed E-state index contributed by atoms with van der Waals surface area (Å²) in [4.78, 5) is 25.4. The van der Waals surface area contributed by atoms with Crippen LogP contribution < -0.4 is 5.32 Å². The van der Waals surface area contributed by atoms with Gasteiger partial charge >= 0.3 is 6.18 Å². The topological polar surface area (TPSA) is 46.2 Å². The monoisotopic (exact) mass is 473 g/mol. The molecule has 0 bridgehead atoms. The number of allylic oxidation sites excluding steroid dienone is 1. The van der Waals surface area contributed by atoms with Crippen LogP contribution in [-0.4, -0.2) is 17.9 Å². The molecule has 0 spiro atoms. The van der Waals surface area contributed by atoms with E-state index in [1.807, 2.05) is 6.08 Å². The zero-order valence-corrected chi connectivity index (χ0v) is 20.0. The number of benzene rings is 1. The molecule has 6 heteroatoms. The summed E-state index contributed by atoms with van der Waals surface area (Å²) in [6.07, 6.45) is 4.16. The van der Waals surface area contributed by atoms with Crippen LogP contribution in [0.4, 0.5) is 13.2 Å². The second-order valence-corrected chi connectivity index (χ2v) is 11.5. The molecule has 0 aromatic heterocycles. The molecule has 3 fully saturated rings. The van der Waals surface area contributed by atoms with E-state index in [1.165, 1.54) is 17.7 Å². The van der Waals surface area contributed by atoms with E-state index in [4.69, 9.17) is 0 Å². The third-order valence-corrected chi connectivity index (χ3v) is 10.0. The standard InChI is InChI=1S/C28H34F3NO2/c1-26-14-12-19(33)16-18(26)8-9-20-21-10-11-23(27(21,2)15-13-22(20)26)25(34)32-24(28(29,30)31)17-6-4-3-5-7-17/h3-7,16,20-24H,8-15H2,1-2H3,(H,32,34)/t20-,21-,22+,23?,24?,26-,27-/m0/s1. The number of nitrogens with one attached hydrogen (secondary N) is 1. The number of rotatable bonds is 3. The van der Waals surface area contributed by atoms with Gasteiger partial charge < -0.3 is 5.32 Å². The molecule has 4 aliphatic rings. The molecular weight excluding hydrogens is 439 g/mol. The first-order chi connectivity index (χ1) is 16.0. The van der Waals surface area contributed by atoms with Gasteiger partial charge in [-0.05, 0) is 85.2 Å². The number of hydrogen-bond acceptors (Lipinski definition) is 2. The highest BCUT2D eigenvalue weighted by Gasteiger charge is 2.60. The molecule has 0 saturated heterocycles. The zero-order chi connectivity index (χ0) is 24.3. The maximum absolute atomic E-state index is 13.9. The molecule has 1 amide bonds. The highest BCUT2D eigenvalue weighted by atomic mass is 19.4. The minimum Gasteiger partial charge on any atom is -0.341 e. The average molecular weight is 474 g/mol. The number of fused-ring (bicyclic) bond motifs is 5. The van der Waals surface area contributed by atoms with Crippen LogP contribution in [0.2, 0.25) is 0 Å². The SMILES string of the molecule is C[C@]12CCC(=O)C=C1CC[C@@H]1[C@H]2CC[C@]2(C)C(C(=O)NC(c3ccccc3)C(F)(F)F)CC[C@@H]12. The first-order valence-electron chi connectivity index (χ1n) is 12.7. The Morgan fingerprint density at radius 2 is 1.74 bits per heavy atom. The lowest BCUT2D eigenvalue weighted by Crippen LogP contribution is -2.52. The molecule has 0 aliphatic heterocycles. The fourth-order valence-electron chi connectivity index (χ4n) is 8.23. The quantitative estimate of drug-likeness (QED) is 0.541. The van der Waals surface area contributed by atoms with Crippen molar-refractivity contribution < 1.29 is 22.8 Å². The smallest absolute Gasteiger partial charge is 0.341 e. The minimum atomic E-state index is -4.55. The van der Waals surface area contributed by atoms with Crippen LogP contribution in [0.5, 0.6) is 0 Å². The number of ketones is 1. The average Bonchev–Trinajstić information content (AvgIpc) is 3.15. The Bertz CT molecular complexity index is 1000. The van der Waals surface area contributed by atoms with Crippen molar-refractivity contribution in [2.75, 3.05) is 0 Å². The van der Waals surface area contributed by atoms with Gasteiger partial charge in [-0.3, -0.25) is 9.59 Å². The molecule has 4 aliphatic carbocycles. The Morgan fingerprint density at radius 3 is 2.44 bits per heavy atom. The predicted octanol–water partition coefficient (Wildman–Crippen LogP) is 6.55. The van der Waals surface area contributed by atoms with Gasteiger partial charge in [-0.15, -0.1) is 0 Å². The summed E-state index contributed by atoms with van der Waals surface area (Å²) in [5, 5.41) is 2.39. The predicted molar refractivity (Wildman–Crippen MR) is 124 cm³/mol. The van der Waals surface area contributed by atoms with Gasteiger partial charge in [-0.25, -0.2) is 0 Å². The number of halogens is 3. The van der Waals surface area contributed by atoms with E-state index < -0.39 is 24.0 Å². The van der Waals surface area contributed by atoms with Gasteiger partial charge in [0.2, 0.25) is 5.91 Å². The number of carbonyl (C=O) groups is 2. The summed E-state index contributed by atoms with van der Waals surface area (Å²) in [6.45, 7) is 4.46. The molecule has 3 nitrogen and oxygen atoms in total. The largest absolute Gasteiger partial charge is 0.412 e. The van der Waals surface area contributed by atoms with Crippen LogP contribution in [0.15, 0.2) is 42.0 Å². The summed E-state index contributed by atoms with van der Waals surface area (Å²) < 4.78 is 41.7. The van der Waals surface area contributed by atoms with Gasteiger partial charge in [0.25, 0.3) is 0 Å². The number of alkyl halides is 3. The van der Waals surface area contributed by atoms with E-state index in [1.54, 1.807) is 18.2 Å². The van der Waals surface area contributed by atoms with Crippen LogP contribution in [0.25, 0.3) is 0 Å². The third-order valence-electron chi connectivity index (χ3n) is 10.0. The van der Waals surface area contributed by atoms with Crippen molar-refractivity contribution in [1.29, 1.82) is 0 Å². The Hall–Kier alpha value is -2.11. The summed E-state index contributed by atoms with van der Waals surface area (Å²) in [5.41, 5.74) is 1.14. The molecule has 1 aromatic carbocycles. The second-order valence-electron chi connectivity index (χ2n) is 11.5. The van der Waals surface area contributed by atoms with Crippen LogP contribution in [0.3, 0.4) is 0 Å². The maximum Gasteiger partial charge on any atom is 0.412 e. The number of hydrogen-bond donors (Lipinski definition) is 1. The van der Waals surface area contributed by atoms with Crippen molar-refractivity contribution in [3.8, 4) is 0 Å². The van der Waals surface area contributed by atoms with Gasteiger partial charge in [-0.1, -0.05) is 49.8 Å². The van der Waals surface area contributed by atoms with Crippen LogP contribution >= 0.6 is 0 Å². The molecule has 0 heterocycles. The Labute approximate surface area is 199 Å². The van der Waals surface area contributed by atoms with E-state index >= 15 is 0 Å². The van der Waals surface area contributed by atoms with Crippen molar-refractivity contribution >= 4 is 11.7 Å². The van der Waals surface area contributed by atoms with Crippen molar-refractivity contribution in [3.05, 3.63) is 47.5 Å². The number of amides is 1. The molecule has 184 valence electrons. The fraction of sp³-hybridized carbons (Fsp3) is 0.643. The normalized spacial score (nSPS) is 38.3. The molecule has 3 saturated carbocycles. The highest BCUT2D eigenvalue weighted by Crippen LogP contribution is 2.66. The maximum atomic E-state index is 13.9. The van der Waals surface area contributed by atoms with Crippen molar-refractivity contribution in [2.24, 2.45) is 34.5 Å². The van der Waals surface area contributed by atoms with Gasteiger partial charge in [0.05, 0.1) is 0 Å². The van der Waals surface area contributed by atoms with Gasteiger partial charge in [0.1, 0.15) is 0 Å². The van der Waals surface area contributed by atoms with Gasteiger partial charge in [-0.2, -0.15) is 13.2 Å². The lowest BCUT2D eigenvalue weighted by atomic mass is 9.47. The van der Waals surface area contributed by atoms with E-state index in [0.717, 1.165) is 38.5 Å². The molecule has 34 heavy (non-hydrogen) atoms. The summed E-state index contributed by atoms with van der Waals surface area (Å²) in [7, 11) is 0. The summed E-state index contributed by atoms with van der Waals surface area (Å²) in [6, 6.07) is 5.67. The van der Waals surface area contributed by atoms with Crippen LogP contribution in [0, 0.1) is 34.5 Å². The van der Waals surface area contributed by atoms with E-state index in [0.29, 0.717) is 30.6 Å². The lowest BCUT2D eigenvalue weighted by molar-refractivity contribution is -0.166. The Morgan fingerprint density at radius 1 is 1.00 bits per heavy atom. The van der Waals surface area contributed by atoms with E-state index in [9.17, 15) is 22.8 Å². The van der Waals surface area contributed by atoms with E-state index in [-0.39, 0.29) is 22.2 Å². The minimum absolute atomic E-state index is 0.0488. The van der Waals surface area contributed by atoms with E-state index in [2.05, 4.69) is 19.2 Å². The first-order valence-corrected chi connectivity index (χ1v) is 12.7. The molecule has 0 radical (unpaired) electrons. The van der Waals surface area contributed by atoms with Crippen molar-refractivity contribution in [3.63, 3.8) is 0 Å². The Balaban J connectivity index is 1.37. The first kappa shape index (κ1) is 23.6. The van der Waals surface area contributed by atoms with Crippen LogP contribution in [-0.2, 0) is 9.59 Å². The number of carbonyl (C=O) groups excluding carboxylic acids is 2. The van der Waals surface area contributed by atoms with Gasteiger partial charge in [0, 0.05) is 12.3 Å². The van der Waals surface area contributed by atoms with Gasteiger partial charge in [0.15, 0.2) is 11.8 Å². The van der Waals surface area contributed by atoms with Crippen molar-refractivity contribution in [1.82, 2.24) is 5.32 Å². The molecule has 1 N–H and O–H groups in total. The van der Waals surface area contributed by atoms with Crippen LogP contribution in [0.1, 0.15) is 76.8 Å². The van der Waals surface area contributed by atoms with Crippen molar-refractivity contribution in [2.45, 2.75) is 77.4 Å². The molecule has 7 atom stereocenters. The Kier molecular flexibility index (Phi) is 5.72. The third kappa shape index (κ3) is 3.72. The lowest BCUT2D eigenvalue weighted by Gasteiger charge is -2.58. The molecule has 1 aromatic rings. The molecular formula is C28H34F3NO2. The highest BCUT2D eigenvalue weighted by molar-refractivity contribution is 5.91. The fourth-order valence-corrected chi connectivity index (χ4v) is 8.23. The second kappa shape index (κ2) is 8.23. The summed E-state index contributed by atoms with van der Waals surface area (Å²) >= 11 is 0. The molecule has 2 unspecified atom stereocenters. The molecule has 5 rings (SSSR count).